The molecular weight excluding hydrogens is 290 g/mol. The van der Waals surface area contributed by atoms with Crippen molar-refractivity contribution in [3.05, 3.63) is 35.3 Å². The number of rotatable bonds is 4. The highest BCUT2D eigenvalue weighted by molar-refractivity contribution is 7.90. The predicted molar refractivity (Wildman–Crippen MR) is 71.0 cm³/mol. The number of amides is 1. The number of carbonyl (C=O) groups is 1. The lowest BCUT2D eigenvalue weighted by Crippen LogP contribution is -2.21. The Balaban J connectivity index is 2.13. The maximum Gasteiger partial charge on any atom is 0.296 e. The molecule has 1 aromatic heterocycles. The molecule has 0 atom stereocenters. The van der Waals surface area contributed by atoms with Crippen molar-refractivity contribution in [3.8, 4) is 0 Å². The number of carbonyl (C=O) groups excluding carboxylic acids is 1. The van der Waals surface area contributed by atoms with Crippen molar-refractivity contribution in [2.24, 2.45) is 5.14 Å². The fraction of sp³-hybridized carbons (Fsp3) is 0. The summed E-state index contributed by atoms with van der Waals surface area (Å²) in [6, 6.07) is 6.14. The first-order valence-electron chi connectivity index (χ1n) is 4.93. The number of benzene rings is 1. The molecule has 4 N–H and O–H groups in total. The highest BCUT2D eigenvalue weighted by Crippen LogP contribution is 2.17. The summed E-state index contributed by atoms with van der Waals surface area (Å²) in [5.41, 5.74) is 0.676. The Morgan fingerprint density at radius 2 is 2.05 bits per heavy atom. The Bertz CT molecular complexity index is 684. The molecule has 1 aromatic carbocycles. The van der Waals surface area contributed by atoms with E-state index in [1.165, 1.54) is 18.3 Å². The first-order chi connectivity index (χ1) is 8.94. The Kier molecular flexibility index (Phi) is 3.74. The van der Waals surface area contributed by atoms with E-state index in [0.29, 0.717) is 10.6 Å². The average molecular weight is 299 g/mol. The zero-order chi connectivity index (χ0) is 13.9. The van der Waals surface area contributed by atoms with Crippen LogP contribution in [0.3, 0.4) is 0 Å². The topological polar surface area (TPSA) is 127 Å². The molecule has 0 spiro atoms. The summed E-state index contributed by atoms with van der Waals surface area (Å²) in [5, 5.41) is 11.0. The van der Waals surface area contributed by atoms with Gasteiger partial charge in [-0.1, -0.05) is 10.6 Å². The molecule has 100 valence electrons. The first kappa shape index (κ1) is 13.4. The van der Waals surface area contributed by atoms with Crippen molar-refractivity contribution in [1.29, 1.82) is 0 Å². The zero-order valence-electron chi connectivity index (χ0n) is 9.40. The number of aromatic nitrogens is 2. The SMILES string of the molecule is NS(=O)(=O)Nc1cccc(NC(=O)c2cnns2)c1. The molecule has 19 heavy (non-hydrogen) atoms. The quantitative estimate of drug-likeness (QED) is 0.753. The minimum Gasteiger partial charge on any atom is -0.321 e. The Hall–Kier alpha value is -2.04. The molecule has 0 aliphatic heterocycles. The van der Waals surface area contributed by atoms with E-state index < -0.39 is 10.2 Å². The summed E-state index contributed by atoms with van der Waals surface area (Å²) >= 11 is 0.960. The van der Waals surface area contributed by atoms with Crippen LogP contribution in [-0.4, -0.2) is 23.9 Å². The van der Waals surface area contributed by atoms with Crippen LogP contribution >= 0.6 is 11.5 Å². The van der Waals surface area contributed by atoms with Gasteiger partial charge >= 0.3 is 0 Å². The molecule has 0 radical (unpaired) electrons. The predicted octanol–water partition coefficient (Wildman–Crippen LogP) is 0.406. The van der Waals surface area contributed by atoms with E-state index in [-0.39, 0.29) is 11.6 Å². The minimum atomic E-state index is -3.85. The molecule has 0 fully saturated rings. The monoisotopic (exact) mass is 299 g/mol. The third-order valence-electron chi connectivity index (χ3n) is 1.97. The van der Waals surface area contributed by atoms with Gasteiger partial charge in [-0.15, -0.1) is 5.10 Å². The number of nitrogens with zero attached hydrogens (tertiary/aromatic N) is 2. The van der Waals surface area contributed by atoms with Gasteiger partial charge in [-0.05, 0) is 29.7 Å². The van der Waals surface area contributed by atoms with Gasteiger partial charge in [0, 0.05) is 5.69 Å². The van der Waals surface area contributed by atoms with E-state index in [2.05, 4.69) is 19.6 Å². The second kappa shape index (κ2) is 5.30. The van der Waals surface area contributed by atoms with Crippen molar-refractivity contribution in [2.45, 2.75) is 0 Å². The summed E-state index contributed by atoms with van der Waals surface area (Å²) in [5.74, 6) is -0.372. The third kappa shape index (κ3) is 3.98. The van der Waals surface area contributed by atoms with Crippen LogP contribution in [0.1, 0.15) is 9.67 Å². The smallest absolute Gasteiger partial charge is 0.296 e. The second-order valence-corrected chi connectivity index (χ2v) is 5.54. The molecule has 2 aromatic rings. The molecule has 0 aliphatic carbocycles. The minimum absolute atomic E-state index is 0.253. The van der Waals surface area contributed by atoms with Crippen LogP contribution in [0.5, 0.6) is 0 Å². The van der Waals surface area contributed by atoms with Crippen LogP contribution in [0.2, 0.25) is 0 Å². The maximum absolute atomic E-state index is 11.7. The second-order valence-electron chi connectivity index (χ2n) is 3.46. The molecule has 2 rings (SSSR count). The average Bonchev–Trinajstić information content (AvgIpc) is 2.80. The van der Waals surface area contributed by atoms with Gasteiger partial charge in [0.05, 0.1) is 11.9 Å². The summed E-state index contributed by atoms with van der Waals surface area (Å²) in [6.45, 7) is 0. The van der Waals surface area contributed by atoms with E-state index in [4.69, 9.17) is 5.14 Å². The normalized spacial score (nSPS) is 11.0. The lowest BCUT2D eigenvalue weighted by molar-refractivity contribution is 0.103. The number of hydrogen-bond donors (Lipinski definition) is 3. The summed E-state index contributed by atoms with van der Waals surface area (Å²) in [6.07, 6.45) is 1.34. The van der Waals surface area contributed by atoms with Crippen LogP contribution < -0.4 is 15.2 Å². The number of hydrogen-bond acceptors (Lipinski definition) is 6. The summed E-state index contributed by atoms with van der Waals surface area (Å²) < 4.78 is 27.5. The molecule has 10 heteroatoms. The van der Waals surface area contributed by atoms with Crippen LogP contribution in [0.15, 0.2) is 30.5 Å². The largest absolute Gasteiger partial charge is 0.321 e. The molecule has 0 aliphatic rings. The number of nitrogens with two attached hydrogens (primary N) is 1. The van der Waals surface area contributed by atoms with E-state index >= 15 is 0 Å². The number of anilines is 2. The van der Waals surface area contributed by atoms with Crippen molar-refractivity contribution < 1.29 is 13.2 Å². The highest BCUT2D eigenvalue weighted by Gasteiger charge is 2.09. The summed E-state index contributed by atoms with van der Waals surface area (Å²) in [4.78, 5) is 12.1. The first-order valence-corrected chi connectivity index (χ1v) is 7.25. The molecule has 8 nitrogen and oxygen atoms in total. The van der Waals surface area contributed by atoms with Gasteiger partial charge in [0.25, 0.3) is 16.1 Å². The van der Waals surface area contributed by atoms with Crippen molar-refractivity contribution in [2.75, 3.05) is 10.0 Å². The van der Waals surface area contributed by atoms with Crippen LogP contribution in [0.4, 0.5) is 11.4 Å². The lowest BCUT2D eigenvalue weighted by atomic mass is 10.3. The Morgan fingerprint density at radius 3 is 2.68 bits per heavy atom. The lowest BCUT2D eigenvalue weighted by Gasteiger charge is -2.07. The van der Waals surface area contributed by atoms with E-state index in [1.54, 1.807) is 12.1 Å². The van der Waals surface area contributed by atoms with E-state index in [9.17, 15) is 13.2 Å². The van der Waals surface area contributed by atoms with Gasteiger partial charge in [0.2, 0.25) is 0 Å². The van der Waals surface area contributed by atoms with Gasteiger partial charge in [0.1, 0.15) is 4.88 Å². The van der Waals surface area contributed by atoms with E-state index in [1.807, 2.05) is 0 Å². The van der Waals surface area contributed by atoms with Gasteiger partial charge < -0.3 is 5.32 Å². The van der Waals surface area contributed by atoms with Gasteiger partial charge in [-0.2, -0.15) is 8.42 Å². The number of nitrogens with one attached hydrogen (secondary N) is 2. The van der Waals surface area contributed by atoms with Crippen LogP contribution in [-0.2, 0) is 10.2 Å². The standard InChI is InChI=1S/C9H9N5O3S2/c10-19(16,17)13-7-3-1-2-6(4-7)12-9(15)8-5-11-14-18-8/h1-5,13H,(H,12,15)(H2,10,16,17). The van der Waals surface area contributed by atoms with Gasteiger partial charge in [-0.3, -0.25) is 9.52 Å². The van der Waals surface area contributed by atoms with Crippen molar-refractivity contribution in [3.63, 3.8) is 0 Å². The van der Waals surface area contributed by atoms with Gasteiger partial charge in [0.15, 0.2) is 0 Å². The Morgan fingerprint density at radius 1 is 1.32 bits per heavy atom. The molecule has 0 saturated carbocycles. The highest BCUT2D eigenvalue weighted by atomic mass is 32.2. The van der Waals surface area contributed by atoms with E-state index in [0.717, 1.165) is 11.5 Å². The van der Waals surface area contributed by atoms with Crippen molar-refractivity contribution in [1.82, 2.24) is 9.59 Å². The fourth-order valence-corrected chi connectivity index (χ4v) is 2.15. The molecule has 1 heterocycles. The maximum atomic E-state index is 11.7. The zero-order valence-corrected chi connectivity index (χ0v) is 11.0. The summed E-state index contributed by atoms with van der Waals surface area (Å²) in [7, 11) is -3.85. The molecule has 0 saturated heterocycles. The Labute approximate surface area is 113 Å². The van der Waals surface area contributed by atoms with Crippen LogP contribution in [0.25, 0.3) is 0 Å². The molecular formula is C9H9N5O3S2. The third-order valence-corrected chi connectivity index (χ3v) is 3.15. The molecule has 1 amide bonds. The van der Waals surface area contributed by atoms with Gasteiger partial charge in [-0.25, -0.2) is 5.14 Å². The van der Waals surface area contributed by atoms with Crippen LogP contribution in [0, 0.1) is 0 Å². The molecule has 0 unspecified atom stereocenters. The molecule has 0 bridgehead atoms. The van der Waals surface area contributed by atoms with Crippen molar-refractivity contribution >= 4 is 39.0 Å². The fourth-order valence-electron chi connectivity index (χ4n) is 1.28.